The van der Waals surface area contributed by atoms with Gasteiger partial charge in [-0.25, -0.2) is 19.4 Å². The normalized spacial score (nSPS) is 11.1. The first-order valence-electron chi connectivity index (χ1n) is 16.6. The van der Waals surface area contributed by atoms with Crippen LogP contribution in [0.15, 0.2) is 93.3 Å². The van der Waals surface area contributed by atoms with Crippen molar-refractivity contribution in [1.82, 2.24) is 15.0 Å². The summed E-state index contributed by atoms with van der Waals surface area (Å²) in [7, 11) is 1.47. The second-order valence-electron chi connectivity index (χ2n) is 11.8. The van der Waals surface area contributed by atoms with E-state index in [1.165, 1.54) is 19.2 Å². The van der Waals surface area contributed by atoms with Crippen molar-refractivity contribution < 1.29 is 39.5 Å². The molecule has 55 heavy (non-hydrogen) atoms. The molecule has 1 heterocycles. The number of aliphatic hydroxyl groups is 1. The van der Waals surface area contributed by atoms with Gasteiger partial charge in [-0.3, -0.25) is 0 Å². The molecule has 0 aliphatic carbocycles. The number of aromatic nitrogens is 3. The van der Waals surface area contributed by atoms with Crippen LogP contribution in [0.1, 0.15) is 53.8 Å². The Hall–Kier alpha value is -7.34. The van der Waals surface area contributed by atoms with E-state index in [2.05, 4.69) is 51.4 Å². The molecule has 0 unspecified atom stereocenters. The summed E-state index contributed by atoms with van der Waals surface area (Å²) in [5.74, 6) is -2.22. The van der Waals surface area contributed by atoms with Crippen molar-refractivity contribution in [2.75, 3.05) is 36.2 Å². The van der Waals surface area contributed by atoms with Crippen LogP contribution in [0.3, 0.4) is 0 Å². The van der Waals surface area contributed by atoms with Gasteiger partial charge in [0.2, 0.25) is 5.95 Å². The van der Waals surface area contributed by atoms with Gasteiger partial charge in [-0.05, 0) is 80.1 Å². The van der Waals surface area contributed by atoms with Crippen molar-refractivity contribution in [2.24, 2.45) is 20.5 Å². The Morgan fingerprint density at radius 1 is 0.673 bits per heavy atom. The molecule has 4 aromatic carbocycles. The van der Waals surface area contributed by atoms with Gasteiger partial charge in [0.25, 0.3) is 0 Å². The number of rotatable bonds is 17. The molecule has 18 heteroatoms. The Kier molecular flexibility index (Phi) is 12.7. The molecule has 0 aliphatic heterocycles. The fraction of sp³-hybridized carbons (Fsp3) is 0.189. The average Bonchev–Trinajstić information content (AvgIpc) is 3.17. The Balaban J connectivity index is 1.27. The van der Waals surface area contributed by atoms with E-state index in [-0.39, 0.29) is 60.3 Å². The van der Waals surface area contributed by atoms with Gasteiger partial charge in [0.1, 0.15) is 11.4 Å². The average molecular weight is 749 g/mol. The SMILES string of the molecule is COc1cc(N=Nc2cc(C(=O)O)cc(C(=O)O)c2)ccc1NCc1nc(CNc2ccc(N=Nc3ccc(C)cc3C(=O)O)c(C)c2)nc(NCCO)n1. The predicted octanol–water partition coefficient (Wildman–Crippen LogP) is 7.05. The number of methoxy groups -OCH3 is 1. The summed E-state index contributed by atoms with van der Waals surface area (Å²) in [6.07, 6.45) is 0. The molecule has 1 aromatic heterocycles. The van der Waals surface area contributed by atoms with Crippen LogP contribution < -0.4 is 20.7 Å². The minimum atomic E-state index is -1.30. The molecule has 0 saturated carbocycles. The second-order valence-corrected chi connectivity index (χ2v) is 11.8. The third-order valence-electron chi connectivity index (χ3n) is 7.73. The van der Waals surface area contributed by atoms with Crippen LogP contribution in [-0.4, -0.2) is 73.5 Å². The Morgan fingerprint density at radius 2 is 1.33 bits per heavy atom. The first-order valence-corrected chi connectivity index (χ1v) is 16.6. The van der Waals surface area contributed by atoms with Crippen molar-refractivity contribution in [1.29, 1.82) is 0 Å². The number of nitrogens with one attached hydrogen (secondary N) is 3. The monoisotopic (exact) mass is 748 g/mol. The van der Waals surface area contributed by atoms with Crippen molar-refractivity contribution in [3.05, 3.63) is 112 Å². The molecule has 18 nitrogen and oxygen atoms in total. The minimum absolute atomic E-state index is 0.0503. The maximum atomic E-state index is 11.6. The summed E-state index contributed by atoms with van der Waals surface area (Å²) in [6, 6.07) is 18.8. The fourth-order valence-corrected chi connectivity index (χ4v) is 5.04. The quantitative estimate of drug-likeness (QED) is 0.0470. The maximum Gasteiger partial charge on any atom is 0.337 e. The molecule has 0 amide bonds. The lowest BCUT2D eigenvalue weighted by molar-refractivity contribution is 0.0682. The lowest BCUT2D eigenvalue weighted by atomic mass is 10.1. The summed E-state index contributed by atoms with van der Waals surface area (Å²) in [4.78, 5) is 48.0. The predicted molar refractivity (Wildman–Crippen MR) is 201 cm³/mol. The van der Waals surface area contributed by atoms with Gasteiger partial charge in [0, 0.05) is 18.3 Å². The Morgan fingerprint density at radius 3 is 1.96 bits per heavy atom. The number of hydrogen-bond acceptors (Lipinski definition) is 15. The van der Waals surface area contributed by atoms with E-state index in [1.807, 2.05) is 13.0 Å². The Bertz CT molecular complexity index is 2270. The number of benzene rings is 4. The highest BCUT2D eigenvalue weighted by molar-refractivity contribution is 5.95. The zero-order valence-electron chi connectivity index (χ0n) is 29.8. The lowest BCUT2D eigenvalue weighted by Gasteiger charge is -2.13. The van der Waals surface area contributed by atoms with E-state index >= 15 is 0 Å². The largest absolute Gasteiger partial charge is 0.495 e. The van der Waals surface area contributed by atoms with Crippen molar-refractivity contribution in [3.8, 4) is 5.75 Å². The van der Waals surface area contributed by atoms with Crippen LogP contribution in [0.5, 0.6) is 5.75 Å². The molecule has 7 N–H and O–H groups in total. The highest BCUT2D eigenvalue weighted by atomic mass is 16.5. The van der Waals surface area contributed by atoms with Crippen LogP contribution in [0, 0.1) is 13.8 Å². The number of anilines is 3. The summed E-state index contributed by atoms with van der Waals surface area (Å²) in [5.41, 5.74) is 3.75. The molecule has 0 saturated heterocycles. The molecular weight excluding hydrogens is 712 g/mol. The molecule has 0 spiro atoms. The van der Waals surface area contributed by atoms with E-state index < -0.39 is 17.9 Å². The van der Waals surface area contributed by atoms with E-state index in [9.17, 15) is 34.8 Å². The molecule has 0 atom stereocenters. The number of hydrogen-bond donors (Lipinski definition) is 7. The minimum Gasteiger partial charge on any atom is -0.495 e. The van der Waals surface area contributed by atoms with Crippen LogP contribution in [-0.2, 0) is 13.1 Å². The summed E-state index contributed by atoms with van der Waals surface area (Å²) in [6.45, 7) is 4.13. The van der Waals surface area contributed by atoms with Crippen molar-refractivity contribution in [2.45, 2.75) is 26.9 Å². The molecule has 0 bridgehead atoms. The van der Waals surface area contributed by atoms with Gasteiger partial charge in [0.05, 0.1) is 66.2 Å². The van der Waals surface area contributed by atoms with Crippen molar-refractivity contribution in [3.63, 3.8) is 0 Å². The zero-order chi connectivity index (χ0) is 39.5. The first-order chi connectivity index (χ1) is 26.4. The highest BCUT2D eigenvalue weighted by Crippen LogP contribution is 2.31. The van der Waals surface area contributed by atoms with Crippen LogP contribution in [0.2, 0.25) is 0 Å². The van der Waals surface area contributed by atoms with Gasteiger partial charge in [-0.1, -0.05) is 11.6 Å². The molecule has 0 aliphatic rings. The van der Waals surface area contributed by atoms with Crippen LogP contribution in [0.4, 0.5) is 40.1 Å². The number of ether oxygens (including phenoxy) is 1. The second kappa shape index (κ2) is 17.9. The van der Waals surface area contributed by atoms with Crippen LogP contribution >= 0.6 is 0 Å². The smallest absolute Gasteiger partial charge is 0.337 e. The number of nitrogens with zero attached hydrogens (tertiary/aromatic N) is 7. The highest BCUT2D eigenvalue weighted by Gasteiger charge is 2.14. The summed E-state index contributed by atoms with van der Waals surface area (Å²) >= 11 is 0. The van der Waals surface area contributed by atoms with Gasteiger partial charge >= 0.3 is 17.9 Å². The molecule has 0 fully saturated rings. The summed E-state index contributed by atoms with van der Waals surface area (Å²) in [5, 5.41) is 63.6. The third-order valence-corrected chi connectivity index (χ3v) is 7.73. The number of carboxylic acid groups (broad SMARTS) is 3. The Labute approximate surface area is 313 Å². The van der Waals surface area contributed by atoms with E-state index in [4.69, 9.17) is 4.74 Å². The summed E-state index contributed by atoms with van der Waals surface area (Å²) < 4.78 is 5.53. The molecule has 282 valence electrons. The maximum absolute atomic E-state index is 11.6. The van der Waals surface area contributed by atoms with E-state index in [1.54, 1.807) is 55.5 Å². The van der Waals surface area contributed by atoms with E-state index in [0.29, 0.717) is 34.5 Å². The molecule has 5 aromatic rings. The van der Waals surface area contributed by atoms with Crippen LogP contribution in [0.25, 0.3) is 0 Å². The number of aliphatic hydroxyl groups excluding tert-OH is 1. The van der Waals surface area contributed by atoms with Gasteiger partial charge in [-0.15, -0.1) is 5.11 Å². The number of aromatic carboxylic acids is 3. The molecule has 5 rings (SSSR count). The lowest BCUT2D eigenvalue weighted by Crippen LogP contribution is -2.16. The fourth-order valence-electron chi connectivity index (χ4n) is 5.04. The van der Waals surface area contributed by atoms with Crippen molar-refractivity contribution >= 4 is 58.0 Å². The van der Waals surface area contributed by atoms with Gasteiger partial charge in [0.15, 0.2) is 11.6 Å². The van der Waals surface area contributed by atoms with Gasteiger partial charge < -0.3 is 41.1 Å². The zero-order valence-corrected chi connectivity index (χ0v) is 29.8. The number of aryl methyl sites for hydroxylation is 2. The standard InChI is InChI=1S/C37H36N10O8/c1-20-4-7-29(27(12-20)36(53)54)47-46-28-8-5-24(13-21(28)2)39-18-32-41-33(43-37(42-32)38-10-11-48)19-40-30-9-6-25(17-31(30)55-3)44-45-26-15-22(34(49)50)14-23(16-26)35(51)52/h4-9,12-17,39-40,48H,10-11,18-19H2,1-3H3,(H,49,50)(H,51,52)(H,53,54)(H,38,41,42,43). The number of azo groups is 2. The topological polar surface area (TPSA) is 266 Å². The number of carboxylic acids is 3. The molecular formula is C37H36N10O8. The third kappa shape index (κ3) is 10.6. The first kappa shape index (κ1) is 38.9. The number of carbonyl (C=O) groups is 3. The van der Waals surface area contributed by atoms with Gasteiger partial charge in [-0.2, -0.15) is 25.3 Å². The molecule has 0 radical (unpaired) electrons. The van der Waals surface area contributed by atoms with E-state index in [0.717, 1.165) is 22.9 Å².